The second-order valence-corrected chi connectivity index (χ2v) is 7.23. The number of nitrogens with one attached hydrogen (secondary N) is 1. The monoisotopic (exact) mass is 345 g/mol. The summed E-state index contributed by atoms with van der Waals surface area (Å²) in [6, 6.07) is 9.88. The van der Waals surface area contributed by atoms with E-state index in [2.05, 4.69) is 32.4 Å². The van der Waals surface area contributed by atoms with Gasteiger partial charge in [0.25, 0.3) is 5.56 Å². The zero-order valence-electron chi connectivity index (χ0n) is 12.5. The standard InChI is InChI=1S/C17H16ClN3OS/c18-11-5-6-12-13(9-11)19-16(20-17(12)22)10-21-7-1-3-14(21)15-4-2-8-23-15/h2,4-6,8-9,14H,1,3,7,10H2,(H,19,20,22)/t14-/m0/s1. The van der Waals surface area contributed by atoms with Crippen LogP contribution in [0.4, 0.5) is 0 Å². The van der Waals surface area contributed by atoms with Gasteiger partial charge in [-0.2, -0.15) is 0 Å². The maximum atomic E-state index is 12.2. The highest BCUT2D eigenvalue weighted by atomic mass is 35.5. The first kappa shape index (κ1) is 14.9. The zero-order valence-corrected chi connectivity index (χ0v) is 14.0. The number of rotatable bonds is 3. The second kappa shape index (κ2) is 6.07. The van der Waals surface area contributed by atoms with Crippen LogP contribution in [0.25, 0.3) is 10.9 Å². The van der Waals surface area contributed by atoms with Crippen molar-refractivity contribution < 1.29 is 0 Å². The Morgan fingerprint density at radius 3 is 3.13 bits per heavy atom. The molecule has 3 heterocycles. The fraction of sp³-hybridized carbons (Fsp3) is 0.294. The van der Waals surface area contributed by atoms with Gasteiger partial charge in [0.05, 0.1) is 17.4 Å². The number of likely N-dealkylation sites (tertiary alicyclic amines) is 1. The molecule has 0 radical (unpaired) electrons. The second-order valence-electron chi connectivity index (χ2n) is 5.82. The highest BCUT2D eigenvalue weighted by Crippen LogP contribution is 2.35. The van der Waals surface area contributed by atoms with E-state index >= 15 is 0 Å². The predicted octanol–water partition coefficient (Wildman–Crippen LogP) is 3.98. The number of thiophene rings is 1. The van der Waals surface area contributed by atoms with E-state index in [0.717, 1.165) is 13.0 Å². The quantitative estimate of drug-likeness (QED) is 0.781. The van der Waals surface area contributed by atoms with E-state index in [9.17, 15) is 4.79 Å². The van der Waals surface area contributed by atoms with Crippen LogP contribution in [0.5, 0.6) is 0 Å². The van der Waals surface area contributed by atoms with Crippen LogP contribution >= 0.6 is 22.9 Å². The Morgan fingerprint density at radius 2 is 2.30 bits per heavy atom. The highest BCUT2D eigenvalue weighted by molar-refractivity contribution is 7.10. The SMILES string of the molecule is O=c1[nH]c(CN2CCC[C@H]2c2cccs2)nc2cc(Cl)ccc12. The molecule has 0 saturated carbocycles. The Labute approximate surface area is 142 Å². The lowest BCUT2D eigenvalue weighted by molar-refractivity contribution is 0.245. The summed E-state index contributed by atoms with van der Waals surface area (Å²) in [6.45, 7) is 1.68. The lowest BCUT2D eigenvalue weighted by Gasteiger charge is -2.22. The Morgan fingerprint density at radius 1 is 1.39 bits per heavy atom. The smallest absolute Gasteiger partial charge is 0.258 e. The third-order valence-corrected chi connectivity index (χ3v) is 5.51. The number of hydrogen-bond donors (Lipinski definition) is 1. The molecule has 1 atom stereocenters. The average Bonchev–Trinajstić information content (AvgIpc) is 3.17. The first-order valence-electron chi connectivity index (χ1n) is 7.66. The number of hydrogen-bond acceptors (Lipinski definition) is 4. The summed E-state index contributed by atoms with van der Waals surface area (Å²) in [5.74, 6) is 0.702. The molecule has 1 saturated heterocycles. The molecule has 1 aliphatic rings. The Balaban J connectivity index is 1.66. The molecule has 0 amide bonds. The molecular formula is C17H16ClN3OS. The first-order chi connectivity index (χ1) is 11.2. The van der Waals surface area contributed by atoms with Gasteiger partial charge in [0, 0.05) is 15.9 Å². The van der Waals surface area contributed by atoms with Crippen LogP contribution in [0.2, 0.25) is 5.02 Å². The van der Waals surface area contributed by atoms with E-state index in [1.54, 1.807) is 29.5 Å². The molecule has 1 N–H and O–H groups in total. The van der Waals surface area contributed by atoms with Gasteiger partial charge in [-0.1, -0.05) is 17.7 Å². The van der Waals surface area contributed by atoms with Gasteiger partial charge in [0.1, 0.15) is 5.82 Å². The number of halogens is 1. The molecule has 0 aliphatic carbocycles. The van der Waals surface area contributed by atoms with Crippen LogP contribution in [0.1, 0.15) is 29.6 Å². The highest BCUT2D eigenvalue weighted by Gasteiger charge is 2.27. The molecule has 118 valence electrons. The molecule has 4 rings (SSSR count). The minimum atomic E-state index is -0.103. The maximum Gasteiger partial charge on any atom is 0.258 e. The number of H-pyrrole nitrogens is 1. The number of benzene rings is 1. The van der Waals surface area contributed by atoms with Crippen molar-refractivity contribution >= 4 is 33.8 Å². The van der Waals surface area contributed by atoms with Gasteiger partial charge in [-0.3, -0.25) is 9.69 Å². The van der Waals surface area contributed by atoms with Crippen LogP contribution in [-0.2, 0) is 6.54 Å². The van der Waals surface area contributed by atoms with Gasteiger partial charge in [0.15, 0.2) is 0 Å². The van der Waals surface area contributed by atoms with Crippen molar-refractivity contribution in [1.82, 2.24) is 14.9 Å². The van der Waals surface area contributed by atoms with E-state index < -0.39 is 0 Å². The minimum absolute atomic E-state index is 0.103. The van der Waals surface area contributed by atoms with Crippen LogP contribution in [0, 0.1) is 0 Å². The molecule has 4 nitrogen and oxygen atoms in total. The number of aromatic amines is 1. The normalized spacial score (nSPS) is 18.7. The van der Waals surface area contributed by atoms with Crippen LogP contribution in [0.15, 0.2) is 40.5 Å². The predicted molar refractivity (Wildman–Crippen MR) is 94.1 cm³/mol. The van der Waals surface area contributed by atoms with Gasteiger partial charge in [0.2, 0.25) is 0 Å². The van der Waals surface area contributed by atoms with Gasteiger partial charge in [-0.05, 0) is 49.0 Å². The fourth-order valence-electron chi connectivity index (χ4n) is 3.25. The van der Waals surface area contributed by atoms with Crippen molar-refractivity contribution in [1.29, 1.82) is 0 Å². The Kier molecular flexibility index (Phi) is 3.93. The summed E-state index contributed by atoms with van der Waals surface area (Å²) in [7, 11) is 0. The van der Waals surface area contributed by atoms with Crippen molar-refractivity contribution in [2.24, 2.45) is 0 Å². The third-order valence-electron chi connectivity index (χ3n) is 4.31. The largest absolute Gasteiger partial charge is 0.309 e. The topological polar surface area (TPSA) is 49.0 Å². The summed E-state index contributed by atoms with van der Waals surface area (Å²) in [6.07, 6.45) is 2.33. The van der Waals surface area contributed by atoms with E-state index in [-0.39, 0.29) is 5.56 Å². The molecular weight excluding hydrogens is 330 g/mol. The molecule has 1 fully saturated rings. The van der Waals surface area contributed by atoms with Crippen molar-refractivity contribution in [3.8, 4) is 0 Å². The number of aromatic nitrogens is 2. The molecule has 2 aromatic heterocycles. The fourth-order valence-corrected chi connectivity index (χ4v) is 4.31. The van der Waals surface area contributed by atoms with Crippen molar-refractivity contribution in [3.05, 3.63) is 61.8 Å². The molecule has 3 aromatic rings. The lowest BCUT2D eigenvalue weighted by atomic mass is 10.2. The first-order valence-corrected chi connectivity index (χ1v) is 8.92. The van der Waals surface area contributed by atoms with Gasteiger partial charge in [-0.15, -0.1) is 11.3 Å². The molecule has 0 unspecified atom stereocenters. The Hall–Kier alpha value is -1.69. The average molecular weight is 346 g/mol. The van der Waals surface area contributed by atoms with Crippen molar-refractivity contribution in [2.75, 3.05) is 6.54 Å². The summed E-state index contributed by atoms with van der Waals surface area (Å²) < 4.78 is 0. The summed E-state index contributed by atoms with van der Waals surface area (Å²) in [5, 5.41) is 3.29. The lowest BCUT2D eigenvalue weighted by Crippen LogP contribution is -2.25. The summed E-state index contributed by atoms with van der Waals surface area (Å²) in [4.78, 5) is 23.5. The van der Waals surface area contributed by atoms with E-state index in [1.807, 2.05) is 0 Å². The molecule has 1 aliphatic heterocycles. The van der Waals surface area contributed by atoms with Crippen LogP contribution in [0.3, 0.4) is 0 Å². The third kappa shape index (κ3) is 2.92. The number of fused-ring (bicyclic) bond motifs is 1. The van der Waals surface area contributed by atoms with Crippen LogP contribution < -0.4 is 5.56 Å². The maximum absolute atomic E-state index is 12.2. The van der Waals surface area contributed by atoms with E-state index in [4.69, 9.17) is 11.6 Å². The van der Waals surface area contributed by atoms with Crippen molar-refractivity contribution in [3.63, 3.8) is 0 Å². The molecule has 6 heteroatoms. The number of nitrogens with zero attached hydrogens (tertiary/aromatic N) is 2. The molecule has 0 spiro atoms. The van der Waals surface area contributed by atoms with Crippen molar-refractivity contribution in [2.45, 2.75) is 25.4 Å². The summed E-state index contributed by atoms with van der Waals surface area (Å²) >= 11 is 7.81. The van der Waals surface area contributed by atoms with Gasteiger partial charge < -0.3 is 4.98 Å². The van der Waals surface area contributed by atoms with Crippen LogP contribution in [-0.4, -0.2) is 21.4 Å². The molecule has 23 heavy (non-hydrogen) atoms. The minimum Gasteiger partial charge on any atom is -0.309 e. The molecule has 1 aromatic carbocycles. The van der Waals surface area contributed by atoms with Gasteiger partial charge >= 0.3 is 0 Å². The summed E-state index contributed by atoms with van der Waals surface area (Å²) in [5.41, 5.74) is 0.552. The Bertz CT molecular complexity index is 890. The van der Waals surface area contributed by atoms with E-state index in [0.29, 0.717) is 34.3 Å². The van der Waals surface area contributed by atoms with E-state index in [1.165, 1.54) is 11.3 Å². The zero-order chi connectivity index (χ0) is 15.8. The molecule has 0 bridgehead atoms. The van der Waals surface area contributed by atoms with Gasteiger partial charge in [-0.25, -0.2) is 4.98 Å².